The van der Waals surface area contributed by atoms with Crippen molar-refractivity contribution in [3.05, 3.63) is 23.3 Å². The summed E-state index contributed by atoms with van der Waals surface area (Å²) in [5.41, 5.74) is -1.14. The molecule has 0 bridgehead atoms. The summed E-state index contributed by atoms with van der Waals surface area (Å²) >= 11 is 0. The van der Waals surface area contributed by atoms with Gasteiger partial charge in [-0.05, 0) is 49.8 Å². The molecule has 5 heteroatoms. The molecule has 1 N–H and O–H groups in total. The Morgan fingerprint density at radius 1 is 1.32 bits per heavy atom. The van der Waals surface area contributed by atoms with Gasteiger partial charge in [0.05, 0.1) is 5.60 Å². The van der Waals surface area contributed by atoms with Crippen LogP contribution in [0.5, 0.6) is 0 Å². The molecule has 2 rings (SSSR count). The van der Waals surface area contributed by atoms with E-state index in [1.807, 2.05) is 0 Å². The maximum Gasteiger partial charge on any atom is 0.412 e. The first-order valence-corrected chi connectivity index (χ1v) is 8.20. The minimum Gasteiger partial charge on any atom is -0.385 e. The summed E-state index contributed by atoms with van der Waals surface area (Å²) in [7, 11) is 0. The lowest BCUT2D eigenvalue weighted by atomic mass is 9.78. The third-order valence-electron chi connectivity index (χ3n) is 4.91. The highest BCUT2D eigenvalue weighted by molar-refractivity contribution is 5.38. The van der Waals surface area contributed by atoms with Gasteiger partial charge >= 0.3 is 6.18 Å². The van der Waals surface area contributed by atoms with E-state index in [2.05, 4.69) is 11.8 Å². The van der Waals surface area contributed by atoms with Gasteiger partial charge in [0.1, 0.15) is 0 Å². The van der Waals surface area contributed by atoms with Gasteiger partial charge in [-0.25, -0.2) is 0 Å². The highest BCUT2D eigenvalue weighted by atomic mass is 19.4. The van der Waals surface area contributed by atoms with Crippen LogP contribution in [0, 0.1) is 5.92 Å². The third kappa shape index (κ3) is 3.93. The maximum absolute atomic E-state index is 13.1. The molecule has 0 saturated carbocycles. The van der Waals surface area contributed by atoms with E-state index in [1.165, 1.54) is 6.08 Å². The van der Waals surface area contributed by atoms with Gasteiger partial charge < -0.3 is 10.0 Å². The molecule has 1 unspecified atom stereocenters. The molecular weight excluding hydrogens is 291 g/mol. The van der Waals surface area contributed by atoms with Gasteiger partial charge in [-0.2, -0.15) is 13.2 Å². The van der Waals surface area contributed by atoms with Crippen LogP contribution in [0.3, 0.4) is 0 Å². The Morgan fingerprint density at radius 3 is 2.50 bits per heavy atom. The quantitative estimate of drug-likeness (QED) is 0.845. The number of hydrogen-bond donors (Lipinski definition) is 1. The van der Waals surface area contributed by atoms with Crippen LogP contribution in [0.25, 0.3) is 0 Å². The zero-order chi connectivity index (χ0) is 16.4. The summed E-state index contributed by atoms with van der Waals surface area (Å²) in [6.45, 7) is 6.23. The van der Waals surface area contributed by atoms with Crippen LogP contribution in [0.15, 0.2) is 23.3 Å². The first kappa shape index (κ1) is 17.5. The number of halogens is 3. The highest BCUT2D eigenvalue weighted by Crippen LogP contribution is 2.41. The number of alkyl halides is 3. The maximum atomic E-state index is 13.1. The van der Waals surface area contributed by atoms with Crippen LogP contribution in [0.4, 0.5) is 13.2 Å². The fourth-order valence-electron chi connectivity index (χ4n) is 3.30. The molecular formula is C17H26F3NO. The first-order valence-electron chi connectivity index (χ1n) is 8.20. The molecule has 0 aromatic rings. The molecule has 0 radical (unpaired) electrons. The summed E-state index contributed by atoms with van der Waals surface area (Å²) in [5.74, 6) is -0.531. The van der Waals surface area contributed by atoms with Crippen LogP contribution >= 0.6 is 0 Å². The number of unbranched alkanes of at least 4 members (excludes halogenated alkanes) is 1. The molecule has 1 fully saturated rings. The molecule has 2 nitrogen and oxygen atoms in total. The average molecular weight is 317 g/mol. The molecule has 0 spiro atoms. The second-order valence-corrected chi connectivity index (χ2v) is 6.62. The van der Waals surface area contributed by atoms with E-state index in [-0.39, 0.29) is 0 Å². The van der Waals surface area contributed by atoms with Gasteiger partial charge in [0.15, 0.2) is 0 Å². The third-order valence-corrected chi connectivity index (χ3v) is 4.91. The molecule has 126 valence electrons. The molecule has 1 aliphatic carbocycles. The van der Waals surface area contributed by atoms with Crippen LogP contribution < -0.4 is 0 Å². The molecule has 1 heterocycles. The van der Waals surface area contributed by atoms with Crippen molar-refractivity contribution in [2.45, 2.75) is 57.7 Å². The number of nitrogens with zero attached hydrogens (tertiary/aromatic N) is 1. The predicted molar refractivity (Wildman–Crippen MR) is 81.5 cm³/mol. The van der Waals surface area contributed by atoms with Gasteiger partial charge in [-0.1, -0.05) is 26.3 Å². The van der Waals surface area contributed by atoms with Crippen molar-refractivity contribution in [2.75, 3.05) is 19.6 Å². The molecule has 1 aliphatic heterocycles. The Hall–Kier alpha value is -0.810. The Bertz CT molecular complexity index is 445. The molecule has 2 aliphatic rings. The van der Waals surface area contributed by atoms with Crippen LogP contribution in [-0.4, -0.2) is 41.4 Å². The summed E-state index contributed by atoms with van der Waals surface area (Å²) in [6, 6.07) is 0. The molecule has 0 amide bonds. The molecule has 22 heavy (non-hydrogen) atoms. The summed E-state index contributed by atoms with van der Waals surface area (Å²) in [5, 5.41) is 10.8. The van der Waals surface area contributed by atoms with Crippen molar-refractivity contribution in [1.29, 1.82) is 0 Å². The fraction of sp³-hybridized carbons (Fsp3) is 0.765. The van der Waals surface area contributed by atoms with E-state index in [0.29, 0.717) is 24.8 Å². The van der Waals surface area contributed by atoms with E-state index in [1.54, 1.807) is 13.0 Å². The summed E-state index contributed by atoms with van der Waals surface area (Å²) in [6.07, 6.45) is 2.30. The average Bonchev–Trinajstić information content (AvgIpc) is 2.46. The molecule has 1 saturated heterocycles. The molecule has 1 atom stereocenters. The zero-order valence-electron chi connectivity index (χ0n) is 13.4. The number of aliphatic hydroxyl groups is 1. The Morgan fingerprint density at radius 2 is 1.95 bits per heavy atom. The van der Waals surface area contributed by atoms with Gasteiger partial charge in [-0.15, -0.1) is 0 Å². The lowest BCUT2D eigenvalue weighted by Gasteiger charge is -2.40. The number of piperidine rings is 1. The van der Waals surface area contributed by atoms with Crippen LogP contribution in [0.2, 0.25) is 0 Å². The normalized spacial score (nSPS) is 26.5. The Labute approximate surface area is 130 Å². The SMILES string of the molecule is CCCCN1CCC(O)(C2=CCC(C)C(C(F)(F)F)=C2)CC1. The monoisotopic (exact) mass is 317 g/mol. The van der Waals surface area contributed by atoms with E-state index in [4.69, 9.17) is 0 Å². The van der Waals surface area contributed by atoms with Crippen molar-refractivity contribution in [1.82, 2.24) is 4.90 Å². The lowest BCUT2D eigenvalue weighted by molar-refractivity contribution is -0.0989. The minimum atomic E-state index is -4.31. The van der Waals surface area contributed by atoms with Gasteiger partial charge in [0.2, 0.25) is 0 Å². The van der Waals surface area contributed by atoms with Gasteiger partial charge in [-0.3, -0.25) is 0 Å². The van der Waals surface area contributed by atoms with Crippen molar-refractivity contribution < 1.29 is 18.3 Å². The standard InChI is InChI=1S/C17H26F3NO/c1-3-4-9-21-10-7-16(22,8-11-21)14-6-5-13(2)15(12-14)17(18,19)20/h6,12-13,22H,3-5,7-11H2,1-2H3. The first-order chi connectivity index (χ1) is 10.3. The summed E-state index contributed by atoms with van der Waals surface area (Å²) in [4.78, 5) is 2.29. The Balaban J connectivity index is 2.07. The molecule has 0 aromatic heterocycles. The minimum absolute atomic E-state index is 0.350. The largest absolute Gasteiger partial charge is 0.412 e. The van der Waals surface area contributed by atoms with Crippen LogP contribution in [-0.2, 0) is 0 Å². The predicted octanol–water partition coefficient (Wildman–Crippen LogP) is 4.07. The smallest absolute Gasteiger partial charge is 0.385 e. The number of rotatable bonds is 4. The van der Waals surface area contributed by atoms with Crippen molar-refractivity contribution in [3.63, 3.8) is 0 Å². The second kappa shape index (κ2) is 6.75. The second-order valence-electron chi connectivity index (χ2n) is 6.62. The van der Waals surface area contributed by atoms with E-state index in [9.17, 15) is 18.3 Å². The van der Waals surface area contributed by atoms with Crippen molar-refractivity contribution in [3.8, 4) is 0 Å². The van der Waals surface area contributed by atoms with Crippen molar-refractivity contribution in [2.24, 2.45) is 5.92 Å². The van der Waals surface area contributed by atoms with E-state index < -0.39 is 23.3 Å². The number of hydrogen-bond acceptors (Lipinski definition) is 2. The summed E-state index contributed by atoms with van der Waals surface area (Å²) < 4.78 is 39.2. The molecule has 0 aromatic carbocycles. The van der Waals surface area contributed by atoms with Crippen LogP contribution in [0.1, 0.15) is 46.0 Å². The van der Waals surface area contributed by atoms with Gasteiger partial charge in [0.25, 0.3) is 0 Å². The number of allylic oxidation sites excluding steroid dienone is 2. The highest BCUT2D eigenvalue weighted by Gasteiger charge is 2.42. The zero-order valence-corrected chi connectivity index (χ0v) is 13.4. The lowest BCUT2D eigenvalue weighted by Crippen LogP contribution is -2.46. The van der Waals surface area contributed by atoms with Crippen molar-refractivity contribution >= 4 is 0 Å². The van der Waals surface area contributed by atoms with Gasteiger partial charge in [0, 0.05) is 18.7 Å². The topological polar surface area (TPSA) is 23.5 Å². The number of likely N-dealkylation sites (tertiary alicyclic amines) is 1. The van der Waals surface area contributed by atoms with E-state index in [0.717, 1.165) is 32.5 Å². The Kier molecular flexibility index (Phi) is 5.38. The van der Waals surface area contributed by atoms with E-state index >= 15 is 0 Å². The fourth-order valence-corrected chi connectivity index (χ4v) is 3.30.